The van der Waals surface area contributed by atoms with Crippen LogP contribution in [0.4, 0.5) is 0 Å². The van der Waals surface area contributed by atoms with Crippen molar-refractivity contribution in [2.45, 2.75) is 313 Å². The van der Waals surface area contributed by atoms with Gasteiger partial charge in [-0.1, -0.05) is 38.5 Å². The number of nitrogens with two attached hydrogens (primary N) is 2. The quantitative estimate of drug-likeness (QED) is 0.0156. The van der Waals surface area contributed by atoms with Crippen molar-refractivity contribution in [2.24, 2.45) is 11.5 Å². The van der Waals surface area contributed by atoms with Crippen molar-refractivity contribution in [3.63, 3.8) is 0 Å². The number of ether oxygens (including phenoxy) is 9. The molecule has 11 amide bonds. The molecule has 0 saturated carbocycles. The maximum atomic E-state index is 12.3. The van der Waals surface area contributed by atoms with Crippen LogP contribution in [0.15, 0.2) is 0 Å². The molecule has 0 aliphatic carbocycles. The average molecular weight is 1690 g/mol. The first kappa shape index (κ1) is 108. The Morgan fingerprint density at radius 2 is 0.650 bits per heavy atom. The van der Waals surface area contributed by atoms with Gasteiger partial charge in [0.1, 0.15) is 113 Å². The summed E-state index contributed by atoms with van der Waals surface area (Å²) in [5.74, 6) is -5.05. The van der Waals surface area contributed by atoms with Crippen LogP contribution in [-0.2, 0) is 100 Å². The van der Waals surface area contributed by atoms with Crippen molar-refractivity contribution < 1.29 is 141 Å². The summed E-state index contributed by atoms with van der Waals surface area (Å²) in [4.78, 5) is 140. The number of carbonyl (C=O) groups excluding carboxylic acids is 11. The van der Waals surface area contributed by atoms with Gasteiger partial charge in [-0.2, -0.15) is 0 Å². The number of nitrogens with one attached hydrogen (secondary N) is 11. The zero-order valence-corrected chi connectivity index (χ0v) is 69.4. The van der Waals surface area contributed by atoms with Crippen LogP contribution in [0.3, 0.4) is 0 Å². The fourth-order valence-electron chi connectivity index (χ4n) is 11.3. The number of carbonyl (C=O) groups is 12. The number of carboxylic acid groups (broad SMARTS) is 1. The zero-order valence-electron chi connectivity index (χ0n) is 69.4. The third-order valence-corrected chi connectivity index (χ3v) is 17.7. The molecule has 117 heavy (non-hydrogen) atoms. The summed E-state index contributed by atoms with van der Waals surface area (Å²) < 4.78 is 50.1. The van der Waals surface area contributed by atoms with E-state index < -0.39 is 140 Å². The normalized spacial score (nSPS) is 22.8. The van der Waals surface area contributed by atoms with Crippen LogP contribution in [0.25, 0.3) is 0 Å². The second-order valence-corrected chi connectivity index (χ2v) is 29.1. The van der Waals surface area contributed by atoms with Crippen LogP contribution in [0.5, 0.6) is 0 Å². The van der Waals surface area contributed by atoms with E-state index in [0.29, 0.717) is 84.0 Å². The summed E-state index contributed by atoms with van der Waals surface area (Å²) in [6.07, 6.45) is -3.97. The van der Waals surface area contributed by atoms with E-state index in [-0.39, 0.29) is 146 Å². The smallest absolute Gasteiger partial charge is 0.303 e. The molecule has 0 radical (unpaired) electrons. The lowest BCUT2D eigenvalue weighted by Gasteiger charge is -2.42. The predicted octanol–water partition coefficient (Wildman–Crippen LogP) is -4.11. The van der Waals surface area contributed by atoms with Crippen molar-refractivity contribution in [3.05, 3.63) is 0 Å². The van der Waals surface area contributed by atoms with Gasteiger partial charge in [0, 0.05) is 98.6 Å². The summed E-state index contributed by atoms with van der Waals surface area (Å²) in [5.41, 5.74) is 10.8. The largest absolute Gasteiger partial charge is 0.481 e. The van der Waals surface area contributed by atoms with E-state index >= 15 is 0 Å². The number of carboxylic acids is 1. The third kappa shape index (κ3) is 51.9. The topological polar surface area (TPSA) is 634 Å². The van der Waals surface area contributed by atoms with Gasteiger partial charge in [0.2, 0.25) is 65.0 Å². The minimum Gasteiger partial charge on any atom is -0.481 e. The number of aliphatic hydroxyl groups is 7. The third-order valence-electron chi connectivity index (χ3n) is 17.7. The molecule has 23 N–H and O–H groups in total. The van der Waals surface area contributed by atoms with Crippen molar-refractivity contribution >= 4 is 70.9 Å². The molecule has 42 nitrogen and oxygen atoms in total. The van der Waals surface area contributed by atoms with Crippen molar-refractivity contribution in [2.75, 3.05) is 92.4 Å². The summed E-state index contributed by atoms with van der Waals surface area (Å²) in [7, 11) is 0. The van der Waals surface area contributed by atoms with Gasteiger partial charge < -0.3 is 153 Å². The Labute approximate surface area is 685 Å². The monoisotopic (exact) mass is 1690 g/mol. The average Bonchev–Trinajstić information content (AvgIpc) is 0.821. The first-order valence-corrected chi connectivity index (χ1v) is 40.6. The van der Waals surface area contributed by atoms with E-state index in [0.717, 1.165) is 51.4 Å². The van der Waals surface area contributed by atoms with E-state index in [1.165, 1.54) is 13.8 Å². The number of hydrogen-bond acceptors (Lipinski definition) is 30. The van der Waals surface area contributed by atoms with E-state index in [4.69, 9.17) is 59.2 Å². The maximum Gasteiger partial charge on any atom is 0.303 e. The summed E-state index contributed by atoms with van der Waals surface area (Å²) in [6, 6.07) is -3.03. The van der Waals surface area contributed by atoms with Crippen LogP contribution < -0.4 is 70.0 Å². The van der Waals surface area contributed by atoms with Gasteiger partial charge in [-0.3, -0.25) is 57.5 Å². The molecule has 15 unspecified atom stereocenters. The fourth-order valence-corrected chi connectivity index (χ4v) is 11.3. The lowest BCUT2D eigenvalue weighted by molar-refractivity contribution is -0.270. The van der Waals surface area contributed by atoms with Gasteiger partial charge in [-0.05, 0) is 112 Å². The van der Waals surface area contributed by atoms with E-state index in [9.17, 15) is 93.3 Å². The van der Waals surface area contributed by atoms with Crippen LogP contribution in [-0.4, -0.2) is 314 Å². The molecule has 0 aromatic heterocycles. The molecule has 3 rings (SSSR count). The molecule has 3 aliphatic heterocycles. The van der Waals surface area contributed by atoms with Gasteiger partial charge in [-0.15, -0.1) is 0 Å². The SMILES string of the molecule is CC(=O)NC1C(OCCCCCCNC(=O)CC(=O)NCOC(C)C)OC(CNC(=O)CCCCN)C(O)C1O.CC(=O)NC1C(OCCCCCCNC(=O)CC(=O)NCOC(C)C)OC(CNC(=O)CCN)C(O)C1O.CC(C)OCNC(=O)CC(=O)NCCCCCCOC1OC(CO)C(O)C(O)C1NC(=O)CCCCC(=O)O. The predicted molar refractivity (Wildman–Crippen MR) is 419 cm³/mol. The zero-order chi connectivity index (χ0) is 87.6. The number of hydrogen-bond donors (Lipinski definition) is 21. The lowest BCUT2D eigenvalue weighted by atomic mass is 9.96. The molecule has 0 bridgehead atoms. The Balaban J connectivity index is 0.000000878. The standard InChI is InChI=1S/C26H49N5O9.C25H45N3O11.C24H45N5O9/c1-17(2)39-16-30-22(35)14-21(34)28-12-8-4-5-9-13-38-26-23(31-18(3)32)25(37)24(36)19(40-26)15-29-20(33)10-6-7-11-27;1-16(2)38-15-27-20(32)13-19(31)26-11-7-3-4-8-12-37-25-22(24(36)23(35)17(14-29)39-25)28-18(30)9-5-6-10-21(33)34;1-15(2)37-14-28-20(33)12-19(32)26-10-6-4-5-7-11-36-24-21(29-16(3)30)23(35)22(34)17(38-24)13-27-18(31)8-9-25/h17,19,23-26,36-37H,4-16,27H2,1-3H3,(H,28,34)(H,29,33)(H,30,35)(H,31,32);16-17,22-25,29,35-36H,3-15H2,1-2H3,(H,26,31)(H,27,32)(H,28,30)(H,33,34);15,17,21-24,34-35H,4-14,25H2,1-3H3,(H,26,32)(H,27,31)(H,28,33)(H,29,30). The minimum absolute atomic E-state index is 0.0132. The van der Waals surface area contributed by atoms with Crippen LogP contribution in [0.1, 0.15) is 203 Å². The Bertz CT molecular complexity index is 2840. The summed E-state index contributed by atoms with van der Waals surface area (Å²) in [5, 5.41) is 109. The fraction of sp³-hybridized carbons (Fsp3) is 0.840. The Morgan fingerprint density at radius 3 is 0.983 bits per heavy atom. The lowest BCUT2D eigenvalue weighted by Crippen LogP contribution is -2.65. The molecule has 3 fully saturated rings. The minimum atomic E-state index is -1.43. The van der Waals surface area contributed by atoms with Crippen molar-refractivity contribution in [1.82, 2.24) is 58.5 Å². The number of aliphatic hydroxyl groups excluding tert-OH is 7. The van der Waals surface area contributed by atoms with E-state index in [1.54, 1.807) is 0 Å². The van der Waals surface area contributed by atoms with Gasteiger partial charge in [0.05, 0.1) is 24.9 Å². The first-order chi connectivity index (χ1) is 55.6. The molecule has 678 valence electrons. The molecule has 0 aromatic carbocycles. The van der Waals surface area contributed by atoms with Gasteiger partial charge >= 0.3 is 5.97 Å². The Hall–Kier alpha value is -7.08. The molecule has 3 saturated heterocycles. The molecule has 0 spiro atoms. The molecule has 42 heteroatoms. The van der Waals surface area contributed by atoms with Crippen molar-refractivity contribution in [3.8, 4) is 0 Å². The number of aliphatic carboxylic acids is 1. The highest BCUT2D eigenvalue weighted by molar-refractivity contribution is 5.98. The summed E-state index contributed by atoms with van der Waals surface area (Å²) >= 11 is 0. The highest BCUT2D eigenvalue weighted by Gasteiger charge is 2.48. The van der Waals surface area contributed by atoms with Gasteiger partial charge in [0.25, 0.3) is 0 Å². The van der Waals surface area contributed by atoms with Crippen molar-refractivity contribution in [1.29, 1.82) is 0 Å². The molecule has 3 heterocycles. The van der Waals surface area contributed by atoms with Gasteiger partial charge in [0.15, 0.2) is 18.9 Å². The Kier molecular flexibility index (Phi) is 59.8. The maximum absolute atomic E-state index is 12.3. The second kappa shape index (κ2) is 64.8. The Morgan fingerprint density at radius 1 is 0.342 bits per heavy atom. The molecule has 15 atom stereocenters. The first-order valence-electron chi connectivity index (χ1n) is 40.6. The molecule has 3 aliphatic rings. The highest BCUT2D eigenvalue weighted by Crippen LogP contribution is 2.26. The summed E-state index contributed by atoms with van der Waals surface area (Å²) in [6.45, 7) is 15.9. The van der Waals surface area contributed by atoms with Gasteiger partial charge in [-0.25, -0.2) is 0 Å². The number of unbranched alkanes of at least 4 members (excludes halogenated alkanes) is 11. The number of amides is 11. The highest BCUT2D eigenvalue weighted by atomic mass is 16.7. The molecular formula is C75H139N13O29. The second-order valence-electron chi connectivity index (χ2n) is 29.1. The van der Waals surface area contributed by atoms with E-state index in [2.05, 4.69) is 58.5 Å². The van der Waals surface area contributed by atoms with Crippen LogP contribution >= 0.6 is 0 Å². The van der Waals surface area contributed by atoms with E-state index in [1.807, 2.05) is 41.5 Å². The van der Waals surface area contributed by atoms with Crippen LogP contribution in [0, 0.1) is 0 Å². The number of rotatable bonds is 58. The molecular weight excluding hydrogens is 1550 g/mol. The van der Waals surface area contributed by atoms with Crippen LogP contribution in [0.2, 0.25) is 0 Å². The molecule has 0 aromatic rings.